The lowest BCUT2D eigenvalue weighted by atomic mass is 10.0. The van der Waals surface area contributed by atoms with Gasteiger partial charge < -0.3 is 5.32 Å². The van der Waals surface area contributed by atoms with Crippen LogP contribution in [0, 0.1) is 5.92 Å². The van der Waals surface area contributed by atoms with Crippen molar-refractivity contribution in [3.05, 3.63) is 17.0 Å². The molecule has 21 heavy (non-hydrogen) atoms. The fraction of sp³-hybridized carbons (Fsp3) is 0.733. The van der Waals surface area contributed by atoms with Gasteiger partial charge in [0.05, 0.1) is 0 Å². The van der Waals surface area contributed by atoms with E-state index in [-0.39, 0.29) is 0 Å². The Labute approximate surface area is 132 Å². The molecule has 6 heteroatoms. The molecule has 0 aromatic carbocycles. The topological polar surface area (TPSA) is 58.2 Å². The number of thiophene rings is 1. The van der Waals surface area contributed by atoms with Crippen LogP contribution in [0.5, 0.6) is 0 Å². The average Bonchev–Trinajstić information content (AvgIpc) is 3.13. The molecule has 0 unspecified atom stereocenters. The first-order chi connectivity index (χ1) is 10.1. The van der Waals surface area contributed by atoms with Crippen molar-refractivity contribution < 1.29 is 8.42 Å². The number of hydrogen-bond donors (Lipinski definition) is 2. The van der Waals surface area contributed by atoms with E-state index in [4.69, 9.17) is 0 Å². The minimum absolute atomic E-state index is 0.427. The summed E-state index contributed by atoms with van der Waals surface area (Å²) in [5.41, 5.74) is 0. The van der Waals surface area contributed by atoms with Crippen molar-refractivity contribution in [2.45, 2.75) is 56.2 Å². The van der Waals surface area contributed by atoms with Crippen LogP contribution in [0.1, 0.15) is 50.3 Å². The van der Waals surface area contributed by atoms with Crippen LogP contribution in [0.15, 0.2) is 16.3 Å². The van der Waals surface area contributed by atoms with E-state index in [2.05, 4.69) is 10.0 Å². The predicted octanol–water partition coefficient (Wildman–Crippen LogP) is 3.11. The van der Waals surface area contributed by atoms with Gasteiger partial charge in [-0.25, -0.2) is 13.1 Å². The molecule has 120 valence electrons. The minimum atomic E-state index is -3.32. The molecule has 0 atom stereocenters. The highest BCUT2D eigenvalue weighted by Crippen LogP contribution is 2.28. The Morgan fingerprint density at radius 2 is 2.05 bits per heavy atom. The molecule has 4 nitrogen and oxygen atoms in total. The van der Waals surface area contributed by atoms with E-state index in [1.54, 1.807) is 6.07 Å². The molecule has 1 heterocycles. The van der Waals surface area contributed by atoms with E-state index in [9.17, 15) is 8.42 Å². The standard InChI is InChI=1S/C15H26N2O2S2/c1-2-16-12-14-9-10-15(20-14)21(18,19)17-11-5-8-13-6-3-4-7-13/h9-10,13,16-17H,2-8,11-12H2,1H3. The first kappa shape index (κ1) is 16.9. The van der Waals surface area contributed by atoms with E-state index in [1.807, 2.05) is 13.0 Å². The van der Waals surface area contributed by atoms with Gasteiger partial charge in [-0.05, 0) is 37.4 Å². The van der Waals surface area contributed by atoms with Crippen molar-refractivity contribution in [2.75, 3.05) is 13.1 Å². The molecule has 1 aromatic rings. The highest BCUT2D eigenvalue weighted by Gasteiger charge is 2.17. The van der Waals surface area contributed by atoms with Crippen molar-refractivity contribution >= 4 is 21.4 Å². The molecule has 2 rings (SSSR count). The van der Waals surface area contributed by atoms with Crippen LogP contribution < -0.4 is 10.0 Å². The number of sulfonamides is 1. The van der Waals surface area contributed by atoms with Crippen molar-refractivity contribution in [1.82, 2.24) is 10.0 Å². The maximum Gasteiger partial charge on any atom is 0.250 e. The Morgan fingerprint density at radius 1 is 1.29 bits per heavy atom. The smallest absolute Gasteiger partial charge is 0.250 e. The summed E-state index contributed by atoms with van der Waals surface area (Å²) in [6.07, 6.45) is 7.44. The van der Waals surface area contributed by atoms with Gasteiger partial charge in [-0.2, -0.15) is 0 Å². The van der Waals surface area contributed by atoms with Crippen LogP contribution in [0.25, 0.3) is 0 Å². The van der Waals surface area contributed by atoms with Crippen molar-refractivity contribution in [2.24, 2.45) is 5.92 Å². The Balaban J connectivity index is 1.76. The van der Waals surface area contributed by atoms with Gasteiger partial charge in [-0.15, -0.1) is 11.3 Å². The Kier molecular flexibility index (Phi) is 6.67. The first-order valence-electron chi connectivity index (χ1n) is 7.91. The van der Waals surface area contributed by atoms with E-state index in [0.29, 0.717) is 10.8 Å². The maximum atomic E-state index is 12.2. The SMILES string of the molecule is CCNCc1ccc(S(=O)(=O)NCCCC2CCCC2)s1. The highest BCUT2D eigenvalue weighted by atomic mass is 32.2. The molecule has 0 aliphatic heterocycles. The molecule has 1 aliphatic carbocycles. The van der Waals surface area contributed by atoms with E-state index >= 15 is 0 Å². The van der Waals surface area contributed by atoms with E-state index in [0.717, 1.165) is 36.7 Å². The zero-order valence-corrected chi connectivity index (χ0v) is 14.4. The van der Waals surface area contributed by atoms with Gasteiger partial charge in [0.15, 0.2) is 0 Å². The van der Waals surface area contributed by atoms with E-state index < -0.39 is 10.0 Å². The molecule has 0 saturated heterocycles. The molecule has 0 radical (unpaired) electrons. The normalized spacial score (nSPS) is 16.6. The third-order valence-electron chi connectivity index (χ3n) is 4.01. The summed E-state index contributed by atoms with van der Waals surface area (Å²) in [4.78, 5) is 1.06. The molecule has 0 bridgehead atoms. The third kappa shape index (κ3) is 5.36. The van der Waals surface area contributed by atoms with Crippen molar-refractivity contribution in [3.63, 3.8) is 0 Å². The highest BCUT2D eigenvalue weighted by molar-refractivity contribution is 7.91. The largest absolute Gasteiger partial charge is 0.312 e. The summed E-state index contributed by atoms with van der Waals surface area (Å²) in [6.45, 7) is 4.22. The molecule has 0 spiro atoms. The Morgan fingerprint density at radius 3 is 2.76 bits per heavy atom. The van der Waals surface area contributed by atoms with Crippen LogP contribution in [-0.2, 0) is 16.6 Å². The summed E-state index contributed by atoms with van der Waals surface area (Å²) >= 11 is 1.35. The fourth-order valence-electron chi connectivity index (χ4n) is 2.81. The quantitative estimate of drug-likeness (QED) is 0.684. The molecule has 1 saturated carbocycles. The lowest BCUT2D eigenvalue weighted by Crippen LogP contribution is -2.24. The summed E-state index contributed by atoms with van der Waals surface area (Å²) in [6, 6.07) is 3.59. The Bertz CT molecular complexity index is 520. The van der Waals surface area contributed by atoms with Gasteiger partial charge in [0.25, 0.3) is 0 Å². The number of rotatable bonds is 9. The van der Waals surface area contributed by atoms with Crippen molar-refractivity contribution in [1.29, 1.82) is 0 Å². The minimum Gasteiger partial charge on any atom is -0.312 e. The summed E-state index contributed by atoms with van der Waals surface area (Å²) in [5, 5.41) is 3.21. The molecule has 2 N–H and O–H groups in total. The summed E-state index contributed by atoms with van der Waals surface area (Å²) in [7, 11) is -3.32. The zero-order chi connectivity index (χ0) is 15.1. The van der Waals surface area contributed by atoms with Gasteiger partial charge in [0, 0.05) is 18.0 Å². The second-order valence-electron chi connectivity index (χ2n) is 5.69. The molecule has 1 aliphatic rings. The molecular weight excluding hydrogens is 304 g/mol. The second kappa shape index (κ2) is 8.27. The van der Waals surface area contributed by atoms with Crippen LogP contribution in [0.3, 0.4) is 0 Å². The van der Waals surface area contributed by atoms with Gasteiger partial charge >= 0.3 is 0 Å². The Hall–Kier alpha value is -0.430. The van der Waals surface area contributed by atoms with Gasteiger partial charge in [0.1, 0.15) is 4.21 Å². The molecule has 1 aromatic heterocycles. The van der Waals surface area contributed by atoms with E-state index in [1.165, 1.54) is 37.0 Å². The van der Waals surface area contributed by atoms with Gasteiger partial charge in [0.2, 0.25) is 10.0 Å². The van der Waals surface area contributed by atoms with Gasteiger partial charge in [-0.1, -0.05) is 32.6 Å². The third-order valence-corrected chi connectivity index (χ3v) is 7.05. The van der Waals surface area contributed by atoms with Crippen LogP contribution >= 0.6 is 11.3 Å². The number of hydrogen-bond acceptors (Lipinski definition) is 4. The zero-order valence-electron chi connectivity index (χ0n) is 12.7. The molecular formula is C15H26N2O2S2. The van der Waals surface area contributed by atoms with Crippen LogP contribution in [-0.4, -0.2) is 21.5 Å². The predicted molar refractivity (Wildman–Crippen MR) is 88.1 cm³/mol. The monoisotopic (exact) mass is 330 g/mol. The lowest BCUT2D eigenvalue weighted by Gasteiger charge is -2.09. The van der Waals surface area contributed by atoms with Crippen LogP contribution in [0.2, 0.25) is 0 Å². The lowest BCUT2D eigenvalue weighted by molar-refractivity contribution is 0.480. The average molecular weight is 331 g/mol. The van der Waals surface area contributed by atoms with Gasteiger partial charge in [-0.3, -0.25) is 0 Å². The maximum absolute atomic E-state index is 12.2. The summed E-state index contributed by atoms with van der Waals surface area (Å²) < 4.78 is 27.5. The summed E-state index contributed by atoms with van der Waals surface area (Å²) in [5.74, 6) is 0.822. The second-order valence-corrected chi connectivity index (χ2v) is 8.85. The molecule has 1 fully saturated rings. The van der Waals surface area contributed by atoms with Crippen molar-refractivity contribution in [3.8, 4) is 0 Å². The molecule has 0 amide bonds. The number of nitrogens with one attached hydrogen (secondary N) is 2. The first-order valence-corrected chi connectivity index (χ1v) is 10.2. The van der Waals surface area contributed by atoms with Crippen LogP contribution in [0.4, 0.5) is 0 Å². The fourth-order valence-corrected chi connectivity index (χ4v) is 5.26.